The van der Waals surface area contributed by atoms with E-state index in [2.05, 4.69) is 10.6 Å². The smallest absolute Gasteiger partial charge is 0.227 e. The minimum Gasteiger partial charge on any atom is -0.385 e. The Hall–Kier alpha value is -1.36. The normalized spacial score (nSPS) is 19.1. The van der Waals surface area contributed by atoms with E-state index in [0.717, 1.165) is 24.2 Å². The lowest BCUT2D eigenvalue weighted by Gasteiger charge is -2.25. The fourth-order valence-corrected chi connectivity index (χ4v) is 2.91. The van der Waals surface area contributed by atoms with E-state index < -0.39 is 10.8 Å². The second-order valence-corrected chi connectivity index (χ2v) is 6.44. The highest BCUT2D eigenvalue weighted by Gasteiger charge is 2.25. The number of nitrogens with one attached hydrogen (secondary N) is 2. The molecule has 1 aliphatic heterocycles. The van der Waals surface area contributed by atoms with Crippen LogP contribution in [0.5, 0.6) is 0 Å². The number of benzene rings is 1. The molecular weight excluding hydrogens is 260 g/mol. The zero-order chi connectivity index (χ0) is 13.7. The highest BCUT2D eigenvalue weighted by Crippen LogP contribution is 2.31. The van der Waals surface area contributed by atoms with Crippen molar-refractivity contribution in [3.05, 3.63) is 29.8 Å². The lowest BCUT2D eigenvalue weighted by atomic mass is 9.90. The third-order valence-corrected chi connectivity index (χ3v) is 4.66. The maximum atomic E-state index is 12.2. The van der Waals surface area contributed by atoms with Crippen LogP contribution in [0.4, 0.5) is 5.69 Å². The molecule has 0 saturated heterocycles. The Bertz CT molecular complexity index is 476. The van der Waals surface area contributed by atoms with Crippen LogP contribution in [0, 0.1) is 0 Å². The first-order valence-corrected chi connectivity index (χ1v) is 8.16. The van der Waals surface area contributed by atoms with Crippen molar-refractivity contribution >= 4 is 22.4 Å². The van der Waals surface area contributed by atoms with Crippen molar-refractivity contribution in [1.29, 1.82) is 0 Å². The summed E-state index contributed by atoms with van der Waals surface area (Å²) in [5.41, 5.74) is 2.11. The monoisotopic (exact) mass is 280 g/mol. The Labute approximate surface area is 116 Å². The predicted octanol–water partition coefficient (Wildman–Crippen LogP) is 1.47. The van der Waals surface area contributed by atoms with Crippen molar-refractivity contribution in [2.45, 2.75) is 19.3 Å². The van der Waals surface area contributed by atoms with Gasteiger partial charge in [-0.05, 0) is 18.1 Å². The third-order valence-electron chi connectivity index (χ3n) is 3.35. The Balaban J connectivity index is 1.95. The minimum atomic E-state index is -0.821. The molecule has 104 valence electrons. The van der Waals surface area contributed by atoms with Gasteiger partial charge in [-0.2, -0.15) is 0 Å². The van der Waals surface area contributed by atoms with E-state index in [1.54, 1.807) is 0 Å². The average Bonchev–Trinajstić information content (AvgIpc) is 2.46. The van der Waals surface area contributed by atoms with Crippen molar-refractivity contribution in [2.75, 3.05) is 29.9 Å². The number of rotatable bonds is 5. The van der Waals surface area contributed by atoms with Crippen LogP contribution < -0.4 is 10.6 Å². The molecule has 2 rings (SSSR count). The first-order chi connectivity index (χ1) is 9.22. The van der Waals surface area contributed by atoms with Gasteiger partial charge in [0.05, 0.1) is 5.92 Å². The largest absolute Gasteiger partial charge is 0.385 e. The maximum Gasteiger partial charge on any atom is 0.227 e. The van der Waals surface area contributed by atoms with Crippen LogP contribution in [-0.2, 0) is 15.6 Å². The third kappa shape index (κ3) is 3.56. The molecule has 19 heavy (non-hydrogen) atoms. The van der Waals surface area contributed by atoms with E-state index in [0.29, 0.717) is 18.1 Å². The summed E-state index contributed by atoms with van der Waals surface area (Å²) in [6.07, 6.45) is 0.805. The number of amides is 1. The fraction of sp³-hybridized carbons (Fsp3) is 0.500. The second-order valence-electron chi connectivity index (χ2n) is 4.58. The Morgan fingerprint density at radius 3 is 3.05 bits per heavy atom. The van der Waals surface area contributed by atoms with Crippen molar-refractivity contribution in [2.24, 2.45) is 0 Å². The summed E-state index contributed by atoms with van der Waals surface area (Å²) in [5, 5.41) is 6.20. The summed E-state index contributed by atoms with van der Waals surface area (Å²) in [7, 11) is -0.821. The van der Waals surface area contributed by atoms with Gasteiger partial charge in [-0.15, -0.1) is 0 Å². The van der Waals surface area contributed by atoms with Crippen LogP contribution in [0.1, 0.15) is 24.8 Å². The standard InChI is InChI=1S/C14H20N2O2S/c1-2-19(18)10-9-16-14(17)12-7-8-15-13-6-4-3-5-11(12)13/h3-6,12,15H,2,7-10H2,1H3,(H,16,17). The molecule has 0 spiro atoms. The molecule has 2 atom stereocenters. The van der Waals surface area contributed by atoms with Gasteiger partial charge in [0.15, 0.2) is 0 Å². The average molecular weight is 280 g/mol. The van der Waals surface area contributed by atoms with Gasteiger partial charge in [-0.25, -0.2) is 0 Å². The molecule has 2 unspecified atom stereocenters. The lowest BCUT2D eigenvalue weighted by Crippen LogP contribution is -2.35. The summed E-state index contributed by atoms with van der Waals surface area (Å²) in [6.45, 7) is 3.20. The Kier molecular flexibility index (Phi) is 4.96. The molecule has 0 radical (unpaired) electrons. The van der Waals surface area contributed by atoms with E-state index in [4.69, 9.17) is 0 Å². The molecule has 4 nitrogen and oxygen atoms in total. The Morgan fingerprint density at radius 1 is 1.47 bits per heavy atom. The van der Waals surface area contributed by atoms with E-state index in [1.807, 2.05) is 31.2 Å². The maximum absolute atomic E-state index is 12.2. The molecular formula is C14H20N2O2S. The van der Waals surface area contributed by atoms with Gasteiger partial charge in [0.2, 0.25) is 5.91 Å². The lowest BCUT2D eigenvalue weighted by molar-refractivity contribution is -0.122. The van der Waals surface area contributed by atoms with Crippen LogP contribution in [-0.4, -0.2) is 34.7 Å². The van der Waals surface area contributed by atoms with E-state index in [-0.39, 0.29) is 11.8 Å². The van der Waals surface area contributed by atoms with Crippen molar-refractivity contribution in [3.63, 3.8) is 0 Å². The highest BCUT2D eigenvalue weighted by atomic mass is 32.2. The first-order valence-electron chi connectivity index (χ1n) is 6.68. The number of para-hydroxylation sites is 1. The number of carbonyl (C=O) groups excluding carboxylic acids is 1. The zero-order valence-corrected chi connectivity index (χ0v) is 12.0. The molecule has 0 aliphatic carbocycles. The molecule has 0 aromatic heterocycles. The van der Waals surface area contributed by atoms with E-state index >= 15 is 0 Å². The number of anilines is 1. The van der Waals surface area contributed by atoms with Crippen LogP contribution in [0.25, 0.3) is 0 Å². The van der Waals surface area contributed by atoms with E-state index in [9.17, 15) is 9.00 Å². The summed E-state index contributed by atoms with van der Waals surface area (Å²) in [4.78, 5) is 12.2. The van der Waals surface area contributed by atoms with Crippen molar-refractivity contribution in [1.82, 2.24) is 5.32 Å². The second kappa shape index (κ2) is 6.70. The van der Waals surface area contributed by atoms with Gasteiger partial charge in [0.25, 0.3) is 0 Å². The molecule has 2 N–H and O–H groups in total. The number of carbonyl (C=O) groups is 1. The summed E-state index contributed by atoms with van der Waals surface area (Å²) < 4.78 is 11.3. The van der Waals surface area contributed by atoms with Gasteiger partial charge in [-0.1, -0.05) is 25.1 Å². The van der Waals surface area contributed by atoms with Crippen molar-refractivity contribution in [3.8, 4) is 0 Å². The summed E-state index contributed by atoms with van der Waals surface area (Å²) in [5.74, 6) is 1.13. The molecule has 1 aliphatic rings. The van der Waals surface area contributed by atoms with Gasteiger partial charge >= 0.3 is 0 Å². The van der Waals surface area contributed by atoms with Crippen molar-refractivity contribution < 1.29 is 9.00 Å². The summed E-state index contributed by atoms with van der Waals surface area (Å²) >= 11 is 0. The van der Waals surface area contributed by atoms with Crippen LogP contribution >= 0.6 is 0 Å². The van der Waals surface area contributed by atoms with Gasteiger partial charge in [0, 0.05) is 41.1 Å². The fourth-order valence-electron chi connectivity index (χ4n) is 2.30. The molecule has 1 aromatic carbocycles. The first kappa shape index (κ1) is 14.1. The number of hydrogen-bond donors (Lipinski definition) is 2. The molecule has 0 fully saturated rings. The van der Waals surface area contributed by atoms with Crippen LogP contribution in [0.3, 0.4) is 0 Å². The molecule has 1 heterocycles. The summed E-state index contributed by atoms with van der Waals surface area (Å²) in [6, 6.07) is 7.92. The highest BCUT2D eigenvalue weighted by molar-refractivity contribution is 7.84. The Morgan fingerprint density at radius 2 is 2.26 bits per heavy atom. The van der Waals surface area contributed by atoms with Crippen LogP contribution in [0.15, 0.2) is 24.3 Å². The molecule has 0 saturated carbocycles. The molecule has 1 amide bonds. The molecule has 1 aromatic rings. The molecule has 0 bridgehead atoms. The van der Waals surface area contributed by atoms with E-state index in [1.165, 1.54) is 0 Å². The SMILES string of the molecule is CCS(=O)CCNC(=O)C1CCNc2ccccc21. The van der Waals surface area contributed by atoms with Crippen LogP contribution in [0.2, 0.25) is 0 Å². The topological polar surface area (TPSA) is 58.2 Å². The number of fused-ring (bicyclic) bond motifs is 1. The zero-order valence-electron chi connectivity index (χ0n) is 11.1. The minimum absolute atomic E-state index is 0.0436. The predicted molar refractivity (Wildman–Crippen MR) is 78.8 cm³/mol. The molecule has 5 heteroatoms. The van der Waals surface area contributed by atoms with Gasteiger partial charge in [-0.3, -0.25) is 9.00 Å². The quantitative estimate of drug-likeness (QED) is 0.859. The number of hydrogen-bond acceptors (Lipinski definition) is 3. The van der Waals surface area contributed by atoms with Gasteiger partial charge < -0.3 is 10.6 Å². The van der Waals surface area contributed by atoms with Gasteiger partial charge in [0.1, 0.15) is 0 Å².